The van der Waals surface area contributed by atoms with Crippen molar-refractivity contribution in [3.05, 3.63) is 17.5 Å². The van der Waals surface area contributed by atoms with Gasteiger partial charge in [-0.25, -0.2) is 9.97 Å². The molecule has 0 saturated carbocycles. The third kappa shape index (κ3) is 2.48. The van der Waals surface area contributed by atoms with Crippen molar-refractivity contribution < 1.29 is 0 Å². The van der Waals surface area contributed by atoms with E-state index in [9.17, 15) is 0 Å². The minimum absolute atomic E-state index is 0.465. The molecule has 0 aliphatic carbocycles. The summed E-state index contributed by atoms with van der Waals surface area (Å²) in [4.78, 5) is 10.9. The van der Waals surface area contributed by atoms with Gasteiger partial charge in [0.15, 0.2) is 0 Å². The van der Waals surface area contributed by atoms with Gasteiger partial charge >= 0.3 is 0 Å². The molecule has 2 heterocycles. The number of aromatic nitrogens is 2. The molecule has 0 N–H and O–H groups in total. The monoisotopic (exact) mass is 216 g/mol. The van der Waals surface area contributed by atoms with E-state index in [1.807, 2.05) is 6.92 Å². The highest BCUT2D eigenvalue weighted by Crippen LogP contribution is 2.16. The van der Waals surface area contributed by atoms with Gasteiger partial charge in [-0.15, -0.1) is 0 Å². The molecule has 2 rings (SSSR count). The van der Waals surface area contributed by atoms with Crippen LogP contribution >= 0.6 is 0 Å². The zero-order chi connectivity index (χ0) is 11.4. The minimum Gasteiger partial charge on any atom is -0.341 e. The Balaban J connectivity index is 2.24. The first-order valence-corrected chi connectivity index (χ1v) is 5.80. The molecule has 0 bridgehead atoms. The highest BCUT2D eigenvalue weighted by atomic mass is 15.2. The van der Waals surface area contributed by atoms with Crippen molar-refractivity contribution in [3.63, 3.8) is 0 Å². The topological polar surface area (TPSA) is 52.8 Å². The van der Waals surface area contributed by atoms with Gasteiger partial charge < -0.3 is 4.90 Å². The first kappa shape index (κ1) is 10.9. The van der Waals surface area contributed by atoms with E-state index in [2.05, 4.69) is 20.9 Å². The van der Waals surface area contributed by atoms with Crippen LogP contribution in [0.2, 0.25) is 0 Å². The molecule has 1 fully saturated rings. The molecule has 0 atom stereocenters. The van der Waals surface area contributed by atoms with Gasteiger partial charge in [0.05, 0.1) is 0 Å². The minimum atomic E-state index is 0.465. The lowest BCUT2D eigenvalue weighted by molar-refractivity contribution is 0.726. The molecule has 16 heavy (non-hydrogen) atoms. The van der Waals surface area contributed by atoms with Crippen LogP contribution in [0.5, 0.6) is 0 Å². The van der Waals surface area contributed by atoms with Gasteiger partial charge in [0.25, 0.3) is 0 Å². The highest BCUT2D eigenvalue weighted by Gasteiger charge is 2.13. The predicted molar refractivity (Wildman–Crippen MR) is 62.2 cm³/mol. The summed E-state index contributed by atoms with van der Waals surface area (Å²) in [7, 11) is 0. The molecule has 4 nitrogen and oxygen atoms in total. The zero-order valence-electron chi connectivity index (χ0n) is 9.61. The van der Waals surface area contributed by atoms with E-state index in [0.29, 0.717) is 5.69 Å². The molecular formula is C12H16N4. The predicted octanol–water partition coefficient (Wildman–Crippen LogP) is 2.04. The number of anilines is 1. The third-order valence-corrected chi connectivity index (χ3v) is 2.85. The van der Waals surface area contributed by atoms with Gasteiger partial charge in [0.1, 0.15) is 11.8 Å². The van der Waals surface area contributed by atoms with Crippen molar-refractivity contribution >= 4 is 5.95 Å². The average Bonchev–Trinajstić information content (AvgIpc) is 2.56. The van der Waals surface area contributed by atoms with Gasteiger partial charge in [-0.05, 0) is 25.8 Å². The summed E-state index contributed by atoms with van der Waals surface area (Å²) >= 11 is 0. The molecule has 1 aromatic rings. The number of nitrogens with zero attached hydrogens (tertiary/aromatic N) is 4. The Morgan fingerprint density at radius 2 is 1.88 bits per heavy atom. The fraction of sp³-hybridized carbons (Fsp3) is 0.583. The van der Waals surface area contributed by atoms with Crippen molar-refractivity contribution in [2.75, 3.05) is 18.0 Å². The van der Waals surface area contributed by atoms with E-state index >= 15 is 0 Å². The second-order valence-corrected chi connectivity index (χ2v) is 4.21. The van der Waals surface area contributed by atoms with Crippen LogP contribution in [0.1, 0.15) is 37.1 Å². The average molecular weight is 216 g/mol. The molecule has 1 aliphatic rings. The van der Waals surface area contributed by atoms with Gasteiger partial charge in [-0.2, -0.15) is 5.26 Å². The summed E-state index contributed by atoms with van der Waals surface area (Å²) < 4.78 is 0. The quantitative estimate of drug-likeness (QED) is 0.720. The van der Waals surface area contributed by atoms with Gasteiger partial charge in [0.2, 0.25) is 5.95 Å². The molecule has 0 radical (unpaired) electrons. The van der Waals surface area contributed by atoms with Crippen LogP contribution in [-0.2, 0) is 0 Å². The van der Waals surface area contributed by atoms with Crippen LogP contribution in [-0.4, -0.2) is 23.1 Å². The number of hydrogen-bond donors (Lipinski definition) is 0. The van der Waals surface area contributed by atoms with Crippen LogP contribution < -0.4 is 4.90 Å². The first-order chi connectivity index (χ1) is 7.79. The van der Waals surface area contributed by atoms with Crippen molar-refractivity contribution in [1.29, 1.82) is 5.26 Å². The summed E-state index contributed by atoms with van der Waals surface area (Å²) in [5.41, 5.74) is 1.33. The molecule has 84 valence electrons. The normalized spacial score (nSPS) is 16.6. The lowest BCUT2D eigenvalue weighted by Gasteiger charge is -2.20. The maximum Gasteiger partial charge on any atom is 0.226 e. The number of rotatable bonds is 1. The first-order valence-electron chi connectivity index (χ1n) is 5.80. The molecule has 1 aromatic heterocycles. The van der Waals surface area contributed by atoms with Gasteiger partial charge in [-0.1, -0.05) is 12.8 Å². The summed E-state index contributed by atoms with van der Waals surface area (Å²) in [5.74, 6) is 0.721. The molecule has 1 saturated heterocycles. The fourth-order valence-electron chi connectivity index (χ4n) is 2.02. The molecule has 0 aromatic carbocycles. The zero-order valence-corrected chi connectivity index (χ0v) is 9.61. The van der Waals surface area contributed by atoms with Crippen molar-refractivity contribution in [1.82, 2.24) is 9.97 Å². The maximum absolute atomic E-state index is 8.88. The van der Waals surface area contributed by atoms with Crippen molar-refractivity contribution in [3.8, 4) is 6.07 Å². The molecule has 0 spiro atoms. The number of aryl methyl sites for hydroxylation is 1. The van der Waals surface area contributed by atoms with E-state index in [1.54, 1.807) is 6.07 Å². The Labute approximate surface area is 95.9 Å². The van der Waals surface area contributed by atoms with Gasteiger partial charge in [-0.3, -0.25) is 0 Å². The Kier molecular flexibility index (Phi) is 3.35. The molecular weight excluding hydrogens is 200 g/mol. The van der Waals surface area contributed by atoms with Crippen LogP contribution in [0.15, 0.2) is 6.07 Å². The fourth-order valence-corrected chi connectivity index (χ4v) is 2.02. The van der Waals surface area contributed by atoms with E-state index in [-0.39, 0.29) is 0 Å². The lowest BCUT2D eigenvalue weighted by Crippen LogP contribution is -2.26. The highest BCUT2D eigenvalue weighted by molar-refractivity contribution is 5.36. The molecule has 1 aliphatic heterocycles. The van der Waals surface area contributed by atoms with Crippen LogP contribution in [0.4, 0.5) is 5.95 Å². The Morgan fingerprint density at radius 3 is 2.50 bits per heavy atom. The van der Waals surface area contributed by atoms with Crippen molar-refractivity contribution in [2.24, 2.45) is 0 Å². The Morgan fingerprint density at radius 1 is 1.19 bits per heavy atom. The van der Waals surface area contributed by atoms with Gasteiger partial charge in [0, 0.05) is 18.8 Å². The summed E-state index contributed by atoms with van der Waals surface area (Å²) in [5, 5.41) is 8.88. The Bertz CT molecular complexity index is 400. The lowest BCUT2D eigenvalue weighted by atomic mass is 10.2. The number of hydrogen-bond acceptors (Lipinski definition) is 4. The van der Waals surface area contributed by atoms with Crippen LogP contribution in [0, 0.1) is 18.3 Å². The SMILES string of the molecule is Cc1cc(C#N)nc(N2CCCCCC2)n1. The second kappa shape index (κ2) is 4.93. The smallest absolute Gasteiger partial charge is 0.226 e. The second-order valence-electron chi connectivity index (χ2n) is 4.21. The van der Waals surface area contributed by atoms with E-state index in [4.69, 9.17) is 5.26 Å². The molecule has 4 heteroatoms. The Hall–Kier alpha value is -1.63. The van der Waals surface area contributed by atoms with E-state index in [0.717, 1.165) is 24.7 Å². The summed E-state index contributed by atoms with van der Waals surface area (Å²) in [6.07, 6.45) is 4.96. The largest absolute Gasteiger partial charge is 0.341 e. The standard InChI is InChI=1S/C12H16N4/c1-10-8-11(9-13)15-12(14-10)16-6-4-2-3-5-7-16/h8H,2-7H2,1H3. The summed E-state index contributed by atoms with van der Waals surface area (Å²) in [6, 6.07) is 3.81. The third-order valence-electron chi connectivity index (χ3n) is 2.85. The summed E-state index contributed by atoms with van der Waals surface area (Å²) in [6.45, 7) is 3.92. The van der Waals surface area contributed by atoms with Crippen molar-refractivity contribution in [2.45, 2.75) is 32.6 Å². The molecule has 0 unspecified atom stereocenters. The van der Waals surface area contributed by atoms with E-state index in [1.165, 1.54) is 25.7 Å². The van der Waals surface area contributed by atoms with Crippen LogP contribution in [0.25, 0.3) is 0 Å². The van der Waals surface area contributed by atoms with Crippen LogP contribution in [0.3, 0.4) is 0 Å². The maximum atomic E-state index is 8.88. The van der Waals surface area contributed by atoms with E-state index < -0.39 is 0 Å². The molecule has 0 amide bonds. The number of nitriles is 1.